The highest BCUT2D eigenvalue weighted by molar-refractivity contribution is 5.97. The van der Waals surface area contributed by atoms with Crippen LogP contribution in [0.25, 0.3) is 21.9 Å². The molecule has 2 aromatic carbocycles. The van der Waals surface area contributed by atoms with E-state index in [-0.39, 0.29) is 0 Å². The molecule has 4 rings (SSSR count). The first kappa shape index (κ1) is 15.1. The number of hydrogen-bond donors (Lipinski definition) is 1. The molecule has 0 aliphatic rings. The zero-order valence-electron chi connectivity index (χ0n) is 13.7. The number of methoxy groups -OCH3 is 1. The third-order valence-electron chi connectivity index (χ3n) is 4.00. The van der Waals surface area contributed by atoms with Crippen molar-refractivity contribution in [3.05, 3.63) is 73.4 Å². The van der Waals surface area contributed by atoms with Crippen molar-refractivity contribution in [1.29, 1.82) is 0 Å². The molecule has 0 bridgehead atoms. The summed E-state index contributed by atoms with van der Waals surface area (Å²) in [5.74, 6) is 1.52. The number of pyridine rings is 1. The predicted octanol–water partition coefficient (Wildman–Crippen LogP) is 4.44. The van der Waals surface area contributed by atoms with Crippen LogP contribution < -0.4 is 10.1 Å². The molecule has 0 aliphatic heterocycles. The van der Waals surface area contributed by atoms with Gasteiger partial charge in [0.2, 0.25) is 0 Å². The van der Waals surface area contributed by atoms with Gasteiger partial charge in [-0.05, 0) is 29.1 Å². The minimum Gasteiger partial charge on any atom is -0.495 e. The Kier molecular flexibility index (Phi) is 3.96. The van der Waals surface area contributed by atoms with E-state index >= 15 is 0 Å². The highest BCUT2D eigenvalue weighted by atomic mass is 16.5. The first-order valence-corrected chi connectivity index (χ1v) is 7.89. The molecule has 0 amide bonds. The largest absolute Gasteiger partial charge is 0.495 e. The van der Waals surface area contributed by atoms with Crippen LogP contribution in [-0.4, -0.2) is 22.1 Å². The van der Waals surface area contributed by atoms with E-state index in [2.05, 4.69) is 26.3 Å². The number of anilines is 2. The van der Waals surface area contributed by atoms with Crippen LogP contribution in [0.15, 0.2) is 73.4 Å². The minimum atomic E-state index is 0.751. The van der Waals surface area contributed by atoms with Gasteiger partial charge in [0, 0.05) is 29.5 Å². The summed E-state index contributed by atoms with van der Waals surface area (Å²) in [6.45, 7) is 0. The molecule has 1 N–H and O–H groups in total. The van der Waals surface area contributed by atoms with E-state index in [1.54, 1.807) is 7.11 Å². The Morgan fingerprint density at radius 3 is 2.60 bits per heavy atom. The summed E-state index contributed by atoms with van der Waals surface area (Å²) < 4.78 is 5.39. The van der Waals surface area contributed by atoms with Crippen LogP contribution in [0.1, 0.15) is 0 Å². The zero-order chi connectivity index (χ0) is 17.1. The van der Waals surface area contributed by atoms with Crippen LogP contribution in [0.5, 0.6) is 5.75 Å². The first-order valence-electron chi connectivity index (χ1n) is 7.89. The highest BCUT2D eigenvalue weighted by Gasteiger charge is 2.08. The lowest BCUT2D eigenvalue weighted by Crippen LogP contribution is -1.96. The summed E-state index contributed by atoms with van der Waals surface area (Å²) in [4.78, 5) is 12.8. The molecule has 122 valence electrons. The monoisotopic (exact) mass is 328 g/mol. The quantitative estimate of drug-likeness (QED) is 0.600. The van der Waals surface area contributed by atoms with Gasteiger partial charge in [0.25, 0.3) is 0 Å². The fraction of sp³-hybridized carbons (Fsp3) is 0.0500. The molecule has 0 radical (unpaired) electrons. The van der Waals surface area contributed by atoms with Crippen molar-refractivity contribution in [2.45, 2.75) is 0 Å². The van der Waals surface area contributed by atoms with E-state index in [4.69, 9.17) is 4.74 Å². The average molecular weight is 328 g/mol. The van der Waals surface area contributed by atoms with Gasteiger partial charge in [0.1, 0.15) is 17.9 Å². The number of para-hydroxylation sites is 2. The molecule has 0 fully saturated rings. The Morgan fingerprint density at radius 1 is 0.920 bits per heavy atom. The number of nitrogens with one attached hydrogen (secondary N) is 1. The Morgan fingerprint density at radius 2 is 1.76 bits per heavy atom. The molecule has 0 atom stereocenters. The summed E-state index contributed by atoms with van der Waals surface area (Å²) in [5.41, 5.74) is 2.92. The fourth-order valence-corrected chi connectivity index (χ4v) is 2.81. The van der Waals surface area contributed by atoms with Gasteiger partial charge in [-0.1, -0.05) is 30.3 Å². The van der Waals surface area contributed by atoms with Crippen LogP contribution in [0.3, 0.4) is 0 Å². The third-order valence-corrected chi connectivity index (χ3v) is 4.00. The summed E-state index contributed by atoms with van der Waals surface area (Å²) in [5, 5.41) is 5.48. The van der Waals surface area contributed by atoms with Gasteiger partial charge in [-0.25, -0.2) is 15.0 Å². The fourth-order valence-electron chi connectivity index (χ4n) is 2.81. The van der Waals surface area contributed by atoms with Crippen molar-refractivity contribution in [2.24, 2.45) is 0 Å². The molecule has 0 aliphatic carbocycles. The molecule has 0 saturated heterocycles. The molecule has 2 heterocycles. The number of benzene rings is 2. The van der Waals surface area contributed by atoms with Gasteiger partial charge in [0.15, 0.2) is 0 Å². The standard InChI is InChI=1S/C20H16N4O/c1-25-19-8-3-2-7-18(19)24-20-9-17-14(12-23-20)5-4-6-16(17)15-10-21-13-22-11-15/h2-13H,1H3,(H,23,24). The molecule has 0 saturated carbocycles. The molecule has 5 nitrogen and oxygen atoms in total. The number of aromatic nitrogens is 3. The van der Waals surface area contributed by atoms with Crippen LogP contribution in [0, 0.1) is 0 Å². The van der Waals surface area contributed by atoms with Crippen molar-refractivity contribution in [3.8, 4) is 16.9 Å². The summed E-state index contributed by atoms with van der Waals surface area (Å²) >= 11 is 0. The van der Waals surface area contributed by atoms with Gasteiger partial charge in [-0.3, -0.25) is 0 Å². The Hall–Kier alpha value is -3.47. The lowest BCUT2D eigenvalue weighted by Gasteiger charge is -2.12. The maximum atomic E-state index is 5.39. The van der Waals surface area contributed by atoms with E-state index in [1.165, 1.54) is 6.33 Å². The first-order chi connectivity index (χ1) is 12.3. The van der Waals surface area contributed by atoms with Crippen LogP contribution in [0.4, 0.5) is 11.5 Å². The van der Waals surface area contributed by atoms with Crippen molar-refractivity contribution >= 4 is 22.3 Å². The van der Waals surface area contributed by atoms with Gasteiger partial charge in [-0.15, -0.1) is 0 Å². The molecule has 0 spiro atoms. The van der Waals surface area contributed by atoms with Crippen LogP contribution in [-0.2, 0) is 0 Å². The predicted molar refractivity (Wildman–Crippen MR) is 99.0 cm³/mol. The second-order valence-electron chi connectivity index (χ2n) is 5.55. The Balaban J connectivity index is 1.79. The molecule has 0 unspecified atom stereocenters. The molecule has 25 heavy (non-hydrogen) atoms. The number of rotatable bonds is 4. The van der Waals surface area contributed by atoms with E-state index in [0.29, 0.717) is 0 Å². The van der Waals surface area contributed by atoms with Crippen molar-refractivity contribution in [1.82, 2.24) is 15.0 Å². The van der Waals surface area contributed by atoms with Gasteiger partial charge in [0.05, 0.1) is 12.8 Å². The molecule has 2 aromatic heterocycles. The Labute approximate surface area is 145 Å². The van der Waals surface area contributed by atoms with Crippen molar-refractivity contribution in [2.75, 3.05) is 12.4 Å². The number of fused-ring (bicyclic) bond motifs is 1. The maximum Gasteiger partial charge on any atom is 0.142 e. The second kappa shape index (κ2) is 6.57. The molecular weight excluding hydrogens is 312 g/mol. The highest BCUT2D eigenvalue weighted by Crippen LogP contribution is 2.31. The van der Waals surface area contributed by atoms with Crippen molar-refractivity contribution in [3.63, 3.8) is 0 Å². The summed E-state index contributed by atoms with van der Waals surface area (Å²) in [6.07, 6.45) is 7.02. The topological polar surface area (TPSA) is 59.9 Å². The van der Waals surface area contributed by atoms with E-state index in [1.807, 2.05) is 61.1 Å². The van der Waals surface area contributed by atoms with E-state index in [9.17, 15) is 0 Å². The second-order valence-corrected chi connectivity index (χ2v) is 5.55. The van der Waals surface area contributed by atoms with Gasteiger partial charge >= 0.3 is 0 Å². The average Bonchev–Trinajstić information content (AvgIpc) is 2.68. The van der Waals surface area contributed by atoms with E-state index in [0.717, 1.165) is 39.2 Å². The summed E-state index contributed by atoms with van der Waals surface area (Å²) in [7, 11) is 1.65. The molecular formula is C20H16N4O. The maximum absolute atomic E-state index is 5.39. The smallest absolute Gasteiger partial charge is 0.142 e. The normalized spacial score (nSPS) is 10.6. The van der Waals surface area contributed by atoms with Crippen LogP contribution >= 0.6 is 0 Å². The molecule has 5 heteroatoms. The van der Waals surface area contributed by atoms with Crippen molar-refractivity contribution < 1.29 is 4.74 Å². The number of ether oxygens (including phenoxy) is 1. The lowest BCUT2D eigenvalue weighted by molar-refractivity contribution is 0.417. The number of hydrogen-bond acceptors (Lipinski definition) is 5. The Bertz CT molecular complexity index is 1020. The SMILES string of the molecule is COc1ccccc1Nc1cc2c(-c3cncnc3)cccc2cn1. The van der Waals surface area contributed by atoms with Gasteiger partial charge in [-0.2, -0.15) is 0 Å². The minimum absolute atomic E-state index is 0.751. The number of nitrogens with zero attached hydrogens (tertiary/aromatic N) is 3. The van der Waals surface area contributed by atoms with Crippen LogP contribution in [0.2, 0.25) is 0 Å². The van der Waals surface area contributed by atoms with Gasteiger partial charge < -0.3 is 10.1 Å². The van der Waals surface area contributed by atoms with E-state index < -0.39 is 0 Å². The third kappa shape index (κ3) is 2.99. The lowest BCUT2D eigenvalue weighted by atomic mass is 10.0. The summed E-state index contributed by atoms with van der Waals surface area (Å²) in [6, 6.07) is 15.9. The zero-order valence-corrected chi connectivity index (χ0v) is 13.7. The molecule has 4 aromatic rings.